The molecule has 0 aromatic heterocycles. The first-order valence-corrected chi connectivity index (χ1v) is 4.86. The van der Waals surface area contributed by atoms with Crippen LogP contribution in [0.25, 0.3) is 0 Å². The Morgan fingerprint density at radius 3 is 2.05 bits per heavy atom. The molecule has 0 spiro atoms. The minimum absolute atomic E-state index is 0.0397. The van der Waals surface area contributed by atoms with Crippen LogP contribution in [0.5, 0.6) is 11.5 Å². The highest BCUT2D eigenvalue weighted by Crippen LogP contribution is 2.40. The van der Waals surface area contributed by atoms with Crippen LogP contribution in [0.1, 0.15) is 10.4 Å². The van der Waals surface area contributed by atoms with E-state index in [0.29, 0.717) is 0 Å². The quantitative estimate of drug-likeness (QED) is 0.629. The van der Waals surface area contributed by atoms with E-state index in [1.54, 1.807) is 0 Å². The van der Waals surface area contributed by atoms with Gasteiger partial charge in [-0.25, -0.2) is 0 Å². The fraction of sp³-hybridized carbons (Fsp3) is 0.364. The molecule has 0 aliphatic rings. The van der Waals surface area contributed by atoms with Crippen LogP contribution in [0, 0.1) is 0 Å². The lowest BCUT2D eigenvalue weighted by Gasteiger charge is -2.19. The SMILES string of the molecule is COc1ccc(OC)c(C(=O)C(F)(F)C(F)(F)F)c1. The maximum atomic E-state index is 13.0. The lowest BCUT2D eigenvalue weighted by atomic mass is 10.0. The third-order valence-corrected chi connectivity index (χ3v) is 2.29. The zero-order valence-corrected chi connectivity index (χ0v) is 9.85. The molecule has 0 bridgehead atoms. The lowest BCUT2D eigenvalue weighted by Crippen LogP contribution is -2.44. The Morgan fingerprint density at radius 2 is 1.63 bits per heavy atom. The fourth-order valence-electron chi connectivity index (χ4n) is 1.29. The highest BCUT2D eigenvalue weighted by Gasteiger charge is 2.63. The Morgan fingerprint density at radius 1 is 1.05 bits per heavy atom. The molecule has 19 heavy (non-hydrogen) atoms. The maximum Gasteiger partial charge on any atom is 0.461 e. The van der Waals surface area contributed by atoms with Gasteiger partial charge in [0, 0.05) is 0 Å². The highest BCUT2D eigenvalue weighted by atomic mass is 19.4. The van der Waals surface area contributed by atoms with E-state index in [1.165, 1.54) is 13.2 Å². The smallest absolute Gasteiger partial charge is 0.461 e. The van der Waals surface area contributed by atoms with Crippen LogP contribution < -0.4 is 9.47 Å². The standard InChI is InChI=1S/C11H9F5O3/c1-18-6-3-4-8(19-2)7(5-6)9(17)10(12,13)11(14,15)16/h3-5H,1-2H3. The first-order chi connectivity index (χ1) is 8.65. The molecule has 0 heterocycles. The zero-order chi connectivity index (χ0) is 14.8. The number of benzene rings is 1. The number of hydrogen-bond donors (Lipinski definition) is 0. The minimum Gasteiger partial charge on any atom is -0.497 e. The number of ether oxygens (including phenoxy) is 2. The third kappa shape index (κ3) is 2.77. The van der Waals surface area contributed by atoms with Gasteiger partial charge in [0.1, 0.15) is 11.5 Å². The van der Waals surface area contributed by atoms with Crippen LogP contribution in [0.4, 0.5) is 22.0 Å². The van der Waals surface area contributed by atoms with Crippen LogP contribution in [0.3, 0.4) is 0 Å². The molecule has 0 unspecified atom stereocenters. The van der Waals surface area contributed by atoms with Gasteiger partial charge >= 0.3 is 12.1 Å². The van der Waals surface area contributed by atoms with E-state index >= 15 is 0 Å². The Kier molecular flexibility index (Phi) is 4.02. The van der Waals surface area contributed by atoms with Crippen LogP contribution in [-0.4, -0.2) is 32.1 Å². The van der Waals surface area contributed by atoms with Gasteiger partial charge in [-0.3, -0.25) is 4.79 Å². The topological polar surface area (TPSA) is 35.5 Å². The molecule has 0 N–H and O–H groups in total. The predicted molar refractivity (Wildman–Crippen MR) is 54.9 cm³/mol. The average molecular weight is 284 g/mol. The number of rotatable bonds is 4. The molecular formula is C11H9F5O3. The number of halogens is 5. The van der Waals surface area contributed by atoms with Crippen LogP contribution in [0.15, 0.2) is 18.2 Å². The summed E-state index contributed by atoms with van der Waals surface area (Å²) >= 11 is 0. The molecule has 1 aromatic rings. The van der Waals surface area contributed by atoms with Crippen molar-refractivity contribution in [2.24, 2.45) is 0 Å². The first kappa shape index (κ1) is 15.2. The normalized spacial score (nSPS) is 12.2. The third-order valence-electron chi connectivity index (χ3n) is 2.29. The first-order valence-electron chi connectivity index (χ1n) is 4.86. The van der Waals surface area contributed by atoms with Crippen LogP contribution in [-0.2, 0) is 0 Å². The van der Waals surface area contributed by atoms with E-state index in [2.05, 4.69) is 9.47 Å². The van der Waals surface area contributed by atoms with Crippen molar-refractivity contribution in [1.29, 1.82) is 0 Å². The van der Waals surface area contributed by atoms with Gasteiger partial charge in [-0.1, -0.05) is 0 Å². The maximum absolute atomic E-state index is 13.0. The van der Waals surface area contributed by atoms with Gasteiger partial charge in [-0.15, -0.1) is 0 Å². The molecule has 0 saturated heterocycles. The summed E-state index contributed by atoms with van der Waals surface area (Å²) < 4.78 is 71.7. The number of Topliss-reactive ketones (excluding diaryl/α,β-unsaturated/α-hetero) is 1. The van der Waals surface area contributed by atoms with Crippen molar-refractivity contribution in [1.82, 2.24) is 0 Å². The number of methoxy groups -OCH3 is 2. The van der Waals surface area contributed by atoms with Crippen molar-refractivity contribution in [3.05, 3.63) is 23.8 Å². The largest absolute Gasteiger partial charge is 0.497 e. The minimum atomic E-state index is -5.97. The van der Waals surface area contributed by atoms with Gasteiger partial charge in [0.2, 0.25) is 5.78 Å². The van der Waals surface area contributed by atoms with Crippen LogP contribution >= 0.6 is 0 Å². The predicted octanol–water partition coefficient (Wildman–Crippen LogP) is 3.08. The average Bonchev–Trinajstić information content (AvgIpc) is 2.35. The molecule has 0 aliphatic carbocycles. The summed E-state index contributed by atoms with van der Waals surface area (Å²) in [4.78, 5) is 11.4. The summed E-state index contributed by atoms with van der Waals surface area (Å²) in [6.45, 7) is 0. The molecule has 0 aliphatic heterocycles. The highest BCUT2D eigenvalue weighted by molar-refractivity contribution is 6.04. The summed E-state index contributed by atoms with van der Waals surface area (Å²) in [6.07, 6.45) is -5.97. The molecule has 0 fully saturated rings. The molecule has 1 rings (SSSR count). The molecule has 106 valence electrons. The number of carbonyl (C=O) groups excluding carboxylic acids is 1. The summed E-state index contributed by atoms with van der Waals surface area (Å²) in [5.41, 5.74) is -0.899. The second-order valence-electron chi connectivity index (χ2n) is 3.47. The van der Waals surface area contributed by atoms with E-state index in [-0.39, 0.29) is 5.75 Å². The Balaban J connectivity index is 3.33. The van der Waals surface area contributed by atoms with Gasteiger partial charge in [0.25, 0.3) is 0 Å². The molecular weight excluding hydrogens is 275 g/mol. The second-order valence-corrected chi connectivity index (χ2v) is 3.47. The molecule has 0 atom stereocenters. The van der Waals surface area contributed by atoms with E-state index in [1.807, 2.05) is 0 Å². The van der Waals surface area contributed by atoms with Crippen molar-refractivity contribution >= 4 is 5.78 Å². The van der Waals surface area contributed by atoms with E-state index in [9.17, 15) is 26.7 Å². The van der Waals surface area contributed by atoms with E-state index in [4.69, 9.17) is 0 Å². The Hall–Kier alpha value is -1.86. The number of carbonyl (C=O) groups is 1. The lowest BCUT2D eigenvalue weighted by molar-refractivity contribution is -0.255. The van der Waals surface area contributed by atoms with E-state index < -0.39 is 29.2 Å². The summed E-state index contributed by atoms with van der Waals surface area (Å²) in [6, 6.07) is 3.10. The van der Waals surface area contributed by atoms with Gasteiger partial charge in [0.15, 0.2) is 0 Å². The number of ketones is 1. The second kappa shape index (κ2) is 5.02. The Labute approximate surface area is 104 Å². The monoisotopic (exact) mass is 284 g/mol. The van der Waals surface area contributed by atoms with Gasteiger partial charge in [-0.05, 0) is 18.2 Å². The van der Waals surface area contributed by atoms with Crippen LogP contribution in [0.2, 0.25) is 0 Å². The van der Waals surface area contributed by atoms with Crippen molar-refractivity contribution in [2.45, 2.75) is 12.1 Å². The molecule has 1 aromatic carbocycles. The van der Waals surface area contributed by atoms with Crippen molar-refractivity contribution in [2.75, 3.05) is 14.2 Å². The number of alkyl halides is 5. The van der Waals surface area contributed by atoms with Crippen molar-refractivity contribution in [3.8, 4) is 11.5 Å². The fourth-order valence-corrected chi connectivity index (χ4v) is 1.29. The van der Waals surface area contributed by atoms with Gasteiger partial charge < -0.3 is 9.47 Å². The van der Waals surface area contributed by atoms with Crippen molar-refractivity contribution < 1.29 is 36.2 Å². The molecule has 0 saturated carbocycles. The molecule has 8 heteroatoms. The molecule has 3 nitrogen and oxygen atoms in total. The molecule has 0 radical (unpaired) electrons. The van der Waals surface area contributed by atoms with Gasteiger partial charge in [-0.2, -0.15) is 22.0 Å². The summed E-state index contributed by atoms with van der Waals surface area (Å²) in [5, 5.41) is 0. The zero-order valence-electron chi connectivity index (χ0n) is 9.85. The van der Waals surface area contributed by atoms with E-state index in [0.717, 1.165) is 19.2 Å². The summed E-state index contributed by atoms with van der Waals surface area (Å²) in [7, 11) is 2.22. The van der Waals surface area contributed by atoms with Crippen molar-refractivity contribution in [3.63, 3.8) is 0 Å². The van der Waals surface area contributed by atoms with Gasteiger partial charge in [0.05, 0.1) is 19.8 Å². The summed E-state index contributed by atoms with van der Waals surface area (Å²) in [5.74, 6) is -8.32. The molecule has 0 amide bonds. The Bertz CT molecular complexity index is 482. The number of hydrogen-bond acceptors (Lipinski definition) is 3.